The first-order valence-electron chi connectivity index (χ1n) is 7.06. The van der Waals surface area contributed by atoms with Crippen molar-refractivity contribution < 1.29 is 14.3 Å². The lowest BCUT2D eigenvalue weighted by Gasteiger charge is -2.24. The average molecular weight is 277 g/mol. The van der Waals surface area contributed by atoms with E-state index in [0.717, 1.165) is 30.8 Å². The van der Waals surface area contributed by atoms with E-state index in [4.69, 9.17) is 9.47 Å². The summed E-state index contributed by atoms with van der Waals surface area (Å²) < 4.78 is 10.1. The van der Waals surface area contributed by atoms with Crippen molar-refractivity contribution in [3.63, 3.8) is 0 Å². The van der Waals surface area contributed by atoms with Crippen molar-refractivity contribution in [3.05, 3.63) is 34.9 Å². The second-order valence-corrected chi connectivity index (χ2v) is 5.42. The fourth-order valence-corrected chi connectivity index (χ4v) is 2.91. The molecule has 0 spiro atoms. The molecule has 0 bridgehead atoms. The van der Waals surface area contributed by atoms with Crippen LogP contribution in [0.1, 0.15) is 34.3 Å². The molecule has 1 fully saturated rings. The zero-order valence-electron chi connectivity index (χ0n) is 12.5. The van der Waals surface area contributed by atoms with Crippen molar-refractivity contribution >= 4 is 5.97 Å². The van der Waals surface area contributed by atoms with Crippen molar-refractivity contribution in [2.24, 2.45) is 0 Å². The Morgan fingerprint density at radius 1 is 1.35 bits per heavy atom. The molecule has 0 amide bonds. The van der Waals surface area contributed by atoms with Crippen molar-refractivity contribution in [1.82, 2.24) is 4.90 Å². The smallest absolute Gasteiger partial charge is 0.337 e. The maximum atomic E-state index is 11.7. The van der Waals surface area contributed by atoms with Crippen LogP contribution in [-0.2, 0) is 16.0 Å². The molecule has 1 aromatic carbocycles. The zero-order valence-corrected chi connectivity index (χ0v) is 12.5. The number of ether oxygens (including phenoxy) is 2. The van der Waals surface area contributed by atoms with Gasteiger partial charge in [0.2, 0.25) is 0 Å². The lowest BCUT2D eigenvalue weighted by molar-refractivity contribution is 0.0600. The van der Waals surface area contributed by atoms with E-state index < -0.39 is 0 Å². The number of hydrogen-bond donors (Lipinski definition) is 0. The summed E-state index contributed by atoms with van der Waals surface area (Å²) in [6, 6.07) is 6.42. The monoisotopic (exact) mass is 277 g/mol. The summed E-state index contributed by atoms with van der Waals surface area (Å²) in [5.74, 6) is -0.273. The van der Waals surface area contributed by atoms with Crippen LogP contribution in [0, 0.1) is 6.92 Å². The summed E-state index contributed by atoms with van der Waals surface area (Å²) in [7, 11) is 3.16. The maximum absolute atomic E-state index is 11.7. The van der Waals surface area contributed by atoms with Gasteiger partial charge in [-0.15, -0.1) is 0 Å². The standard InChI is InChI=1S/C16H23NO3/c1-12-7-13(9-14(8-12)16(18)20-3)10-17-6-4-5-15(17)11-19-2/h7-9,15H,4-6,10-11H2,1-3H3/t15-/m0/s1. The molecule has 0 aromatic heterocycles. The molecule has 0 radical (unpaired) electrons. The second-order valence-electron chi connectivity index (χ2n) is 5.42. The zero-order chi connectivity index (χ0) is 14.5. The third-order valence-electron chi connectivity index (χ3n) is 3.80. The Balaban J connectivity index is 2.12. The Bertz CT molecular complexity index is 473. The Kier molecular flexibility index (Phi) is 5.15. The SMILES string of the molecule is COC[C@@H]1CCCN1Cc1cc(C)cc(C(=O)OC)c1. The molecular formula is C16H23NO3. The predicted molar refractivity (Wildman–Crippen MR) is 77.8 cm³/mol. The van der Waals surface area contributed by atoms with Gasteiger partial charge in [-0.25, -0.2) is 4.79 Å². The minimum atomic E-state index is -0.273. The summed E-state index contributed by atoms with van der Waals surface area (Å²) in [6.45, 7) is 4.73. The number of likely N-dealkylation sites (tertiary alicyclic amines) is 1. The minimum Gasteiger partial charge on any atom is -0.465 e. The molecule has 1 aliphatic heterocycles. The highest BCUT2D eigenvalue weighted by Crippen LogP contribution is 2.21. The van der Waals surface area contributed by atoms with Crippen molar-refractivity contribution in [2.45, 2.75) is 32.4 Å². The van der Waals surface area contributed by atoms with Gasteiger partial charge >= 0.3 is 5.97 Å². The van der Waals surface area contributed by atoms with E-state index >= 15 is 0 Å². The quantitative estimate of drug-likeness (QED) is 0.775. The molecule has 110 valence electrons. The number of nitrogens with zero attached hydrogens (tertiary/aromatic N) is 1. The Hall–Kier alpha value is -1.39. The lowest BCUT2D eigenvalue weighted by atomic mass is 10.1. The molecular weight excluding hydrogens is 254 g/mol. The fraction of sp³-hybridized carbons (Fsp3) is 0.562. The largest absolute Gasteiger partial charge is 0.465 e. The molecule has 0 aliphatic carbocycles. The molecule has 1 aromatic rings. The molecule has 1 saturated heterocycles. The van der Waals surface area contributed by atoms with E-state index in [1.54, 1.807) is 7.11 Å². The van der Waals surface area contributed by atoms with Crippen LogP contribution >= 0.6 is 0 Å². The van der Waals surface area contributed by atoms with Gasteiger partial charge in [0.25, 0.3) is 0 Å². The fourth-order valence-electron chi connectivity index (χ4n) is 2.91. The van der Waals surface area contributed by atoms with Crippen LogP contribution in [0.25, 0.3) is 0 Å². The van der Waals surface area contributed by atoms with E-state index in [2.05, 4.69) is 11.0 Å². The van der Waals surface area contributed by atoms with Gasteiger partial charge < -0.3 is 9.47 Å². The summed E-state index contributed by atoms with van der Waals surface area (Å²) in [5.41, 5.74) is 2.88. The number of methoxy groups -OCH3 is 2. The number of benzene rings is 1. The highest BCUT2D eigenvalue weighted by molar-refractivity contribution is 5.89. The molecule has 1 atom stereocenters. The van der Waals surface area contributed by atoms with Crippen molar-refractivity contribution in [1.29, 1.82) is 0 Å². The Morgan fingerprint density at radius 2 is 2.15 bits per heavy atom. The topological polar surface area (TPSA) is 38.8 Å². The number of aryl methyl sites for hydroxylation is 1. The molecule has 1 aliphatic rings. The van der Waals surface area contributed by atoms with Gasteiger partial charge in [-0.2, -0.15) is 0 Å². The molecule has 4 nitrogen and oxygen atoms in total. The predicted octanol–water partition coefficient (Wildman–Crippen LogP) is 2.39. The van der Waals surface area contributed by atoms with Crippen LogP contribution in [0.2, 0.25) is 0 Å². The van der Waals surface area contributed by atoms with Crippen molar-refractivity contribution in [2.75, 3.05) is 27.4 Å². The van der Waals surface area contributed by atoms with Crippen LogP contribution in [0.5, 0.6) is 0 Å². The first-order valence-corrected chi connectivity index (χ1v) is 7.06. The number of rotatable bonds is 5. The summed E-state index contributed by atoms with van der Waals surface area (Å²) >= 11 is 0. The molecule has 0 saturated carbocycles. The highest BCUT2D eigenvalue weighted by Gasteiger charge is 2.24. The van der Waals surface area contributed by atoms with Crippen LogP contribution in [0.15, 0.2) is 18.2 Å². The Labute approximate surface area is 120 Å². The van der Waals surface area contributed by atoms with Crippen LogP contribution in [0.3, 0.4) is 0 Å². The number of carbonyl (C=O) groups is 1. The van der Waals surface area contributed by atoms with Crippen LogP contribution in [-0.4, -0.2) is 44.3 Å². The minimum absolute atomic E-state index is 0.273. The molecule has 0 unspecified atom stereocenters. The van der Waals surface area contributed by atoms with Gasteiger partial charge in [0.15, 0.2) is 0 Å². The van der Waals surface area contributed by atoms with Gasteiger partial charge in [0.05, 0.1) is 19.3 Å². The lowest BCUT2D eigenvalue weighted by Crippen LogP contribution is -2.32. The average Bonchev–Trinajstić information content (AvgIpc) is 2.85. The van der Waals surface area contributed by atoms with Gasteiger partial charge in [-0.3, -0.25) is 4.90 Å². The molecule has 20 heavy (non-hydrogen) atoms. The number of carbonyl (C=O) groups excluding carboxylic acids is 1. The van der Waals surface area contributed by atoms with Gasteiger partial charge in [-0.05, 0) is 49.6 Å². The second kappa shape index (κ2) is 6.86. The normalized spacial score (nSPS) is 19.2. The third kappa shape index (κ3) is 3.58. The van der Waals surface area contributed by atoms with E-state index in [1.807, 2.05) is 19.1 Å². The van der Waals surface area contributed by atoms with Crippen LogP contribution in [0.4, 0.5) is 0 Å². The molecule has 1 heterocycles. The van der Waals surface area contributed by atoms with Gasteiger partial charge in [0.1, 0.15) is 0 Å². The summed E-state index contributed by atoms with van der Waals surface area (Å²) in [4.78, 5) is 14.1. The van der Waals surface area contributed by atoms with Gasteiger partial charge in [0, 0.05) is 19.7 Å². The first kappa shape index (κ1) is 15.0. The summed E-state index contributed by atoms with van der Waals surface area (Å²) in [5, 5.41) is 0. The number of esters is 1. The van der Waals surface area contributed by atoms with E-state index in [-0.39, 0.29) is 5.97 Å². The van der Waals surface area contributed by atoms with Crippen molar-refractivity contribution in [3.8, 4) is 0 Å². The Morgan fingerprint density at radius 3 is 2.85 bits per heavy atom. The van der Waals surface area contributed by atoms with E-state index in [1.165, 1.54) is 20.0 Å². The van der Waals surface area contributed by atoms with E-state index in [0.29, 0.717) is 11.6 Å². The maximum Gasteiger partial charge on any atom is 0.337 e. The van der Waals surface area contributed by atoms with Gasteiger partial charge in [-0.1, -0.05) is 6.07 Å². The van der Waals surface area contributed by atoms with E-state index in [9.17, 15) is 4.79 Å². The van der Waals surface area contributed by atoms with Crippen LogP contribution < -0.4 is 0 Å². The number of hydrogen-bond acceptors (Lipinski definition) is 4. The molecule has 2 rings (SSSR count). The summed E-state index contributed by atoms with van der Waals surface area (Å²) in [6.07, 6.45) is 2.40. The third-order valence-corrected chi connectivity index (χ3v) is 3.80. The molecule has 0 N–H and O–H groups in total. The first-order chi connectivity index (χ1) is 9.63. The highest BCUT2D eigenvalue weighted by atomic mass is 16.5. The molecule has 4 heteroatoms.